The third kappa shape index (κ3) is 2.94. The predicted octanol–water partition coefficient (Wildman–Crippen LogP) is 1.42. The van der Waals surface area contributed by atoms with Crippen molar-refractivity contribution in [1.82, 2.24) is 14.8 Å². The maximum Gasteiger partial charge on any atom is 0.245 e. The van der Waals surface area contributed by atoms with Crippen LogP contribution in [0, 0.1) is 6.92 Å². The second-order valence-corrected chi connectivity index (χ2v) is 5.78. The van der Waals surface area contributed by atoms with E-state index in [0.29, 0.717) is 13.1 Å². The number of carbonyl (C=O) groups is 2. The highest BCUT2D eigenvalue weighted by Gasteiger charge is 2.36. The highest BCUT2D eigenvalue weighted by molar-refractivity contribution is 7.09. The third-order valence-corrected chi connectivity index (χ3v) is 4.20. The Labute approximate surface area is 117 Å². The molecule has 104 valence electrons. The van der Waals surface area contributed by atoms with Crippen molar-refractivity contribution < 1.29 is 9.59 Å². The topological polar surface area (TPSA) is 53.5 Å². The van der Waals surface area contributed by atoms with E-state index in [1.165, 1.54) is 11.3 Å². The number of hydrogen-bond donors (Lipinski definition) is 0. The molecule has 1 aliphatic rings. The smallest absolute Gasteiger partial charge is 0.245 e. The molecule has 1 aromatic heterocycles. The van der Waals surface area contributed by atoms with Crippen LogP contribution in [-0.4, -0.2) is 45.7 Å². The number of aryl methyl sites for hydroxylation is 1. The molecule has 1 aliphatic heterocycles. The number of nitrogens with zero attached hydrogens (tertiary/aromatic N) is 3. The first kappa shape index (κ1) is 14.0. The maximum atomic E-state index is 12.2. The molecule has 6 heteroatoms. The van der Waals surface area contributed by atoms with E-state index in [4.69, 9.17) is 0 Å². The molecule has 5 nitrogen and oxygen atoms in total. The summed E-state index contributed by atoms with van der Waals surface area (Å²) in [5.41, 5.74) is 0.955. The third-order valence-electron chi connectivity index (χ3n) is 3.25. The van der Waals surface area contributed by atoms with Gasteiger partial charge in [0.1, 0.15) is 11.0 Å². The molecule has 1 aromatic rings. The van der Waals surface area contributed by atoms with Crippen LogP contribution in [0.3, 0.4) is 0 Å². The lowest BCUT2D eigenvalue weighted by molar-refractivity contribution is -0.155. The molecule has 0 aliphatic carbocycles. The van der Waals surface area contributed by atoms with Crippen LogP contribution in [-0.2, 0) is 16.1 Å². The summed E-state index contributed by atoms with van der Waals surface area (Å²) in [6.07, 6.45) is 0.872. The number of carbonyl (C=O) groups excluding carboxylic acids is 2. The van der Waals surface area contributed by atoms with Crippen molar-refractivity contribution >= 4 is 23.2 Å². The Kier molecular flexibility index (Phi) is 4.19. The lowest BCUT2D eigenvalue weighted by Crippen LogP contribution is -2.58. The minimum atomic E-state index is -0.392. The van der Waals surface area contributed by atoms with Gasteiger partial charge in [0, 0.05) is 17.6 Å². The number of rotatable bonds is 4. The molecule has 1 atom stereocenters. The number of hydrogen-bond acceptors (Lipinski definition) is 4. The van der Waals surface area contributed by atoms with Crippen molar-refractivity contribution in [3.63, 3.8) is 0 Å². The summed E-state index contributed by atoms with van der Waals surface area (Å²) in [6, 6.07) is -0.392. The molecule has 0 bridgehead atoms. The zero-order valence-corrected chi connectivity index (χ0v) is 12.4. The molecule has 19 heavy (non-hydrogen) atoms. The molecule has 0 saturated carbocycles. The largest absolute Gasteiger partial charge is 0.332 e. The second kappa shape index (κ2) is 5.69. The second-order valence-electron chi connectivity index (χ2n) is 4.84. The fraction of sp³-hybridized carbons (Fsp3) is 0.615. The average Bonchev–Trinajstić information content (AvgIpc) is 2.77. The Hall–Kier alpha value is -1.43. The van der Waals surface area contributed by atoms with Crippen LogP contribution < -0.4 is 0 Å². The first-order valence-corrected chi connectivity index (χ1v) is 7.40. The molecule has 1 fully saturated rings. The Morgan fingerprint density at radius 1 is 1.47 bits per heavy atom. The summed E-state index contributed by atoms with van der Waals surface area (Å²) in [5, 5.41) is 2.84. The Morgan fingerprint density at radius 2 is 2.21 bits per heavy atom. The summed E-state index contributed by atoms with van der Waals surface area (Å²) in [5.74, 6) is 0.0446. The number of thiazole rings is 1. The molecule has 1 saturated heterocycles. The van der Waals surface area contributed by atoms with Gasteiger partial charge in [-0.25, -0.2) is 4.98 Å². The quantitative estimate of drug-likeness (QED) is 0.838. The van der Waals surface area contributed by atoms with Crippen molar-refractivity contribution in [3.05, 3.63) is 16.1 Å². The molecule has 0 radical (unpaired) electrons. The lowest BCUT2D eigenvalue weighted by Gasteiger charge is -2.38. The molecule has 2 amide bonds. The minimum absolute atomic E-state index is 0.00778. The summed E-state index contributed by atoms with van der Waals surface area (Å²) in [4.78, 5) is 32.0. The van der Waals surface area contributed by atoms with E-state index < -0.39 is 6.04 Å². The van der Waals surface area contributed by atoms with Gasteiger partial charge in [0.05, 0.1) is 13.1 Å². The van der Waals surface area contributed by atoms with Crippen molar-refractivity contribution in [1.29, 1.82) is 0 Å². The van der Waals surface area contributed by atoms with Gasteiger partial charge < -0.3 is 9.80 Å². The van der Waals surface area contributed by atoms with Crippen LogP contribution in [0.2, 0.25) is 0 Å². The zero-order valence-electron chi connectivity index (χ0n) is 11.5. The monoisotopic (exact) mass is 281 g/mol. The van der Waals surface area contributed by atoms with Crippen molar-refractivity contribution in [2.24, 2.45) is 0 Å². The van der Waals surface area contributed by atoms with E-state index in [-0.39, 0.29) is 18.4 Å². The van der Waals surface area contributed by atoms with Gasteiger partial charge in [-0.15, -0.1) is 11.3 Å². The molecule has 0 N–H and O–H groups in total. The van der Waals surface area contributed by atoms with Crippen LogP contribution in [0.25, 0.3) is 0 Å². The molecule has 0 aromatic carbocycles. The lowest BCUT2D eigenvalue weighted by atomic mass is 10.1. The summed E-state index contributed by atoms with van der Waals surface area (Å²) in [7, 11) is 0. The first-order chi connectivity index (χ1) is 9.02. The van der Waals surface area contributed by atoms with E-state index >= 15 is 0 Å². The fourth-order valence-electron chi connectivity index (χ4n) is 2.25. The average molecular weight is 281 g/mol. The van der Waals surface area contributed by atoms with Crippen molar-refractivity contribution in [3.8, 4) is 0 Å². The van der Waals surface area contributed by atoms with Gasteiger partial charge in [-0.1, -0.05) is 6.92 Å². The van der Waals surface area contributed by atoms with Gasteiger partial charge in [-0.3, -0.25) is 9.59 Å². The highest BCUT2D eigenvalue weighted by atomic mass is 32.1. The first-order valence-electron chi connectivity index (χ1n) is 6.52. The molecule has 0 spiro atoms. The van der Waals surface area contributed by atoms with E-state index in [1.54, 1.807) is 16.7 Å². The van der Waals surface area contributed by atoms with E-state index in [2.05, 4.69) is 4.98 Å². The van der Waals surface area contributed by atoms with E-state index in [0.717, 1.165) is 17.1 Å². The maximum absolute atomic E-state index is 12.2. The normalized spacial score (nSPS) is 20.3. The number of aromatic nitrogens is 1. The van der Waals surface area contributed by atoms with E-state index in [9.17, 15) is 9.59 Å². The highest BCUT2D eigenvalue weighted by Crippen LogP contribution is 2.18. The van der Waals surface area contributed by atoms with Crippen LogP contribution in [0.5, 0.6) is 0 Å². The molecule has 2 rings (SSSR count). The Balaban J connectivity index is 2.09. The van der Waals surface area contributed by atoms with Gasteiger partial charge >= 0.3 is 0 Å². The van der Waals surface area contributed by atoms with Crippen LogP contribution in [0.4, 0.5) is 0 Å². The van der Waals surface area contributed by atoms with Crippen molar-refractivity contribution in [2.75, 3.05) is 13.1 Å². The Morgan fingerprint density at radius 3 is 2.79 bits per heavy atom. The summed E-state index contributed by atoms with van der Waals surface area (Å²) in [6.45, 7) is 7.01. The van der Waals surface area contributed by atoms with Crippen LogP contribution >= 0.6 is 11.3 Å². The standard InChI is InChI=1S/C13H19N3O2S/c1-4-5-15-7-12(17)16(10(3)13(15)18)6-11-14-9(2)8-19-11/h8,10H,4-7H2,1-3H3/t10-/m1/s1. The molecule has 0 unspecified atom stereocenters. The van der Waals surface area contributed by atoms with Gasteiger partial charge in [0.2, 0.25) is 11.8 Å². The Bertz CT molecular complexity index is 486. The SMILES string of the molecule is CCCN1CC(=O)N(Cc2nc(C)cs2)[C@H](C)C1=O. The van der Waals surface area contributed by atoms with Gasteiger partial charge in [0.15, 0.2) is 0 Å². The summed E-state index contributed by atoms with van der Waals surface area (Å²) < 4.78 is 0. The van der Waals surface area contributed by atoms with Gasteiger partial charge in [-0.2, -0.15) is 0 Å². The van der Waals surface area contributed by atoms with Crippen LogP contribution in [0.15, 0.2) is 5.38 Å². The van der Waals surface area contributed by atoms with Gasteiger partial charge in [0.25, 0.3) is 0 Å². The van der Waals surface area contributed by atoms with Gasteiger partial charge in [-0.05, 0) is 20.3 Å². The zero-order chi connectivity index (χ0) is 14.0. The molecular formula is C13H19N3O2S. The number of amides is 2. The molecular weight excluding hydrogens is 262 g/mol. The predicted molar refractivity (Wildman–Crippen MR) is 73.7 cm³/mol. The van der Waals surface area contributed by atoms with Crippen LogP contribution in [0.1, 0.15) is 31.0 Å². The van der Waals surface area contributed by atoms with Crippen molar-refractivity contribution in [2.45, 2.75) is 39.8 Å². The van der Waals surface area contributed by atoms with E-state index in [1.807, 2.05) is 19.2 Å². The summed E-state index contributed by atoms with van der Waals surface area (Å²) >= 11 is 1.53. The number of piperazine rings is 1. The fourth-order valence-corrected chi connectivity index (χ4v) is 3.02. The minimum Gasteiger partial charge on any atom is -0.332 e. The molecule has 2 heterocycles.